The molecule has 0 aliphatic carbocycles. The number of nitrogens with one attached hydrogen (secondary N) is 1. The number of amides is 1. The molecule has 0 fully saturated rings. The van der Waals surface area contributed by atoms with Crippen LogP contribution in [0, 0.1) is 5.92 Å². The van der Waals surface area contributed by atoms with Crippen LogP contribution in [0.5, 0.6) is 0 Å². The number of aliphatic hydroxyl groups excluding tert-OH is 1. The molecule has 0 bridgehead atoms. The Morgan fingerprint density at radius 1 is 1.38 bits per heavy atom. The Balaban J connectivity index is 3.68. The van der Waals surface area contributed by atoms with Gasteiger partial charge in [-0.25, -0.2) is 0 Å². The van der Waals surface area contributed by atoms with Gasteiger partial charge in [0.15, 0.2) is 0 Å². The molecular formula is C12H26N2O2. The minimum atomic E-state index is 0.0661. The second-order valence-electron chi connectivity index (χ2n) is 4.49. The maximum atomic E-state index is 11.4. The van der Waals surface area contributed by atoms with Crippen LogP contribution < -0.4 is 11.1 Å². The molecule has 0 aliphatic rings. The van der Waals surface area contributed by atoms with E-state index in [9.17, 15) is 4.79 Å². The first-order chi connectivity index (χ1) is 7.60. The quantitative estimate of drug-likeness (QED) is 0.554. The topological polar surface area (TPSA) is 75.3 Å². The molecule has 0 saturated carbocycles. The molecule has 0 aliphatic heterocycles. The molecular weight excluding hydrogens is 204 g/mol. The largest absolute Gasteiger partial charge is 0.396 e. The summed E-state index contributed by atoms with van der Waals surface area (Å²) in [6, 6.07) is 0.0784. The standard InChI is InChI=1S/C12H26N2O2/c1-3-4-11(7-8-15)9-14-12(16)6-5-10(2)13/h10-11,15H,3-9,13H2,1-2H3,(H,14,16). The molecule has 0 rings (SSSR count). The van der Waals surface area contributed by atoms with E-state index in [0.29, 0.717) is 18.9 Å². The van der Waals surface area contributed by atoms with Crippen molar-refractivity contribution in [2.45, 2.75) is 52.0 Å². The van der Waals surface area contributed by atoms with Crippen LogP contribution in [0.4, 0.5) is 0 Å². The van der Waals surface area contributed by atoms with Gasteiger partial charge in [0.1, 0.15) is 0 Å². The predicted octanol–water partition coefficient (Wildman–Crippen LogP) is 1.03. The second-order valence-corrected chi connectivity index (χ2v) is 4.49. The fraction of sp³-hybridized carbons (Fsp3) is 0.917. The Bertz CT molecular complexity index is 178. The summed E-state index contributed by atoms with van der Waals surface area (Å²) in [5, 5.41) is 11.8. The van der Waals surface area contributed by atoms with Crippen molar-refractivity contribution in [2.24, 2.45) is 11.7 Å². The van der Waals surface area contributed by atoms with Crippen LogP contribution in [-0.2, 0) is 4.79 Å². The number of rotatable bonds is 9. The van der Waals surface area contributed by atoms with Gasteiger partial charge in [-0.1, -0.05) is 13.3 Å². The Hall–Kier alpha value is -0.610. The maximum Gasteiger partial charge on any atom is 0.220 e. The third-order valence-corrected chi connectivity index (χ3v) is 2.65. The highest BCUT2D eigenvalue weighted by Crippen LogP contribution is 2.09. The summed E-state index contributed by atoms with van der Waals surface area (Å²) in [7, 11) is 0. The van der Waals surface area contributed by atoms with Gasteiger partial charge >= 0.3 is 0 Å². The second kappa shape index (κ2) is 9.60. The molecule has 4 heteroatoms. The van der Waals surface area contributed by atoms with E-state index in [2.05, 4.69) is 12.2 Å². The number of carbonyl (C=O) groups is 1. The molecule has 0 saturated heterocycles. The van der Waals surface area contributed by atoms with Crippen LogP contribution in [0.25, 0.3) is 0 Å². The van der Waals surface area contributed by atoms with Gasteiger partial charge < -0.3 is 16.2 Å². The summed E-state index contributed by atoms with van der Waals surface area (Å²) < 4.78 is 0. The van der Waals surface area contributed by atoms with Crippen molar-refractivity contribution in [3.63, 3.8) is 0 Å². The lowest BCUT2D eigenvalue weighted by Crippen LogP contribution is -2.30. The molecule has 4 N–H and O–H groups in total. The first-order valence-electron chi connectivity index (χ1n) is 6.23. The summed E-state index contributed by atoms with van der Waals surface area (Å²) in [4.78, 5) is 11.4. The van der Waals surface area contributed by atoms with Crippen LogP contribution in [0.1, 0.15) is 46.0 Å². The van der Waals surface area contributed by atoms with E-state index in [1.807, 2.05) is 6.92 Å². The molecule has 0 radical (unpaired) electrons. The third kappa shape index (κ3) is 8.68. The molecule has 1 amide bonds. The highest BCUT2D eigenvalue weighted by Gasteiger charge is 2.09. The molecule has 0 aromatic rings. The number of hydrogen-bond donors (Lipinski definition) is 3. The zero-order valence-electron chi connectivity index (χ0n) is 10.5. The van der Waals surface area contributed by atoms with Gasteiger partial charge in [0.2, 0.25) is 5.91 Å². The van der Waals surface area contributed by atoms with E-state index < -0.39 is 0 Å². The summed E-state index contributed by atoms with van der Waals surface area (Å²) in [6.45, 7) is 4.88. The number of aliphatic hydroxyl groups is 1. The van der Waals surface area contributed by atoms with Gasteiger partial charge in [0.05, 0.1) is 0 Å². The Labute approximate surface area is 98.6 Å². The van der Waals surface area contributed by atoms with E-state index in [4.69, 9.17) is 10.8 Å². The smallest absolute Gasteiger partial charge is 0.220 e. The maximum absolute atomic E-state index is 11.4. The van der Waals surface area contributed by atoms with E-state index >= 15 is 0 Å². The minimum Gasteiger partial charge on any atom is -0.396 e. The first-order valence-corrected chi connectivity index (χ1v) is 6.23. The number of hydrogen-bond acceptors (Lipinski definition) is 3. The summed E-state index contributed by atoms with van der Waals surface area (Å²) in [5.41, 5.74) is 5.58. The summed E-state index contributed by atoms with van der Waals surface area (Å²) in [5.74, 6) is 0.464. The third-order valence-electron chi connectivity index (χ3n) is 2.65. The van der Waals surface area contributed by atoms with Crippen molar-refractivity contribution in [3.8, 4) is 0 Å². The van der Waals surface area contributed by atoms with E-state index in [1.165, 1.54) is 0 Å². The van der Waals surface area contributed by atoms with Crippen LogP contribution in [0.2, 0.25) is 0 Å². The average Bonchev–Trinajstić information content (AvgIpc) is 2.23. The Morgan fingerprint density at radius 2 is 2.06 bits per heavy atom. The van der Waals surface area contributed by atoms with Crippen LogP contribution in [0.3, 0.4) is 0 Å². The van der Waals surface area contributed by atoms with Gasteiger partial charge in [-0.05, 0) is 32.1 Å². The highest BCUT2D eigenvalue weighted by atomic mass is 16.3. The molecule has 0 aromatic carbocycles. The molecule has 0 aromatic heterocycles. The highest BCUT2D eigenvalue weighted by molar-refractivity contribution is 5.75. The lowest BCUT2D eigenvalue weighted by atomic mass is 10.0. The van der Waals surface area contributed by atoms with Crippen molar-refractivity contribution < 1.29 is 9.90 Å². The van der Waals surface area contributed by atoms with E-state index in [0.717, 1.165) is 25.7 Å². The van der Waals surface area contributed by atoms with Crippen molar-refractivity contribution in [2.75, 3.05) is 13.2 Å². The van der Waals surface area contributed by atoms with E-state index in [1.54, 1.807) is 0 Å². The molecule has 2 atom stereocenters. The number of carbonyl (C=O) groups excluding carboxylic acids is 1. The van der Waals surface area contributed by atoms with Crippen LogP contribution in [0.15, 0.2) is 0 Å². The Morgan fingerprint density at radius 3 is 2.56 bits per heavy atom. The lowest BCUT2D eigenvalue weighted by molar-refractivity contribution is -0.121. The zero-order valence-corrected chi connectivity index (χ0v) is 10.5. The fourth-order valence-corrected chi connectivity index (χ4v) is 1.64. The van der Waals surface area contributed by atoms with Gasteiger partial charge in [-0.2, -0.15) is 0 Å². The van der Waals surface area contributed by atoms with Crippen LogP contribution >= 0.6 is 0 Å². The minimum absolute atomic E-state index is 0.0661. The summed E-state index contributed by atoms with van der Waals surface area (Å²) in [6.07, 6.45) is 4.12. The molecule has 2 unspecified atom stereocenters. The lowest BCUT2D eigenvalue weighted by Gasteiger charge is -2.15. The van der Waals surface area contributed by atoms with Gasteiger partial charge in [0, 0.05) is 25.6 Å². The predicted molar refractivity (Wildman–Crippen MR) is 66.0 cm³/mol. The normalized spacial score (nSPS) is 14.5. The fourth-order valence-electron chi connectivity index (χ4n) is 1.64. The van der Waals surface area contributed by atoms with E-state index in [-0.39, 0.29) is 18.6 Å². The van der Waals surface area contributed by atoms with Gasteiger partial charge in [-0.3, -0.25) is 4.79 Å². The molecule has 16 heavy (non-hydrogen) atoms. The number of nitrogens with two attached hydrogens (primary N) is 1. The van der Waals surface area contributed by atoms with Crippen molar-refractivity contribution in [3.05, 3.63) is 0 Å². The molecule has 0 spiro atoms. The monoisotopic (exact) mass is 230 g/mol. The Kier molecular flexibility index (Phi) is 9.24. The average molecular weight is 230 g/mol. The molecule has 96 valence electrons. The zero-order chi connectivity index (χ0) is 12.4. The SMILES string of the molecule is CCCC(CCO)CNC(=O)CCC(C)N. The van der Waals surface area contributed by atoms with Gasteiger partial charge in [-0.15, -0.1) is 0 Å². The molecule has 4 nitrogen and oxygen atoms in total. The summed E-state index contributed by atoms with van der Waals surface area (Å²) >= 11 is 0. The van der Waals surface area contributed by atoms with Crippen LogP contribution in [-0.4, -0.2) is 30.2 Å². The van der Waals surface area contributed by atoms with Crippen molar-refractivity contribution in [1.82, 2.24) is 5.32 Å². The van der Waals surface area contributed by atoms with Crippen molar-refractivity contribution in [1.29, 1.82) is 0 Å². The van der Waals surface area contributed by atoms with Crippen molar-refractivity contribution >= 4 is 5.91 Å². The van der Waals surface area contributed by atoms with Gasteiger partial charge in [0.25, 0.3) is 0 Å². The molecule has 0 heterocycles. The first kappa shape index (κ1) is 15.4.